The summed E-state index contributed by atoms with van der Waals surface area (Å²) in [6.45, 7) is 1.69. The van der Waals surface area contributed by atoms with E-state index in [1.165, 1.54) is 0 Å². The van der Waals surface area contributed by atoms with Crippen LogP contribution in [0.25, 0.3) is 11.6 Å². The predicted octanol–water partition coefficient (Wildman–Crippen LogP) is 2.84. The van der Waals surface area contributed by atoms with Crippen molar-refractivity contribution < 1.29 is 14.1 Å². The molecule has 1 saturated heterocycles. The van der Waals surface area contributed by atoms with Gasteiger partial charge in [0.2, 0.25) is 0 Å². The largest absolute Gasteiger partial charge is 0.497 e. The van der Waals surface area contributed by atoms with Crippen LogP contribution in [0, 0.1) is 0 Å². The minimum Gasteiger partial charge on any atom is -0.497 e. The van der Waals surface area contributed by atoms with Gasteiger partial charge in [0.05, 0.1) is 7.11 Å². The first-order valence-corrected chi connectivity index (χ1v) is 9.13. The Morgan fingerprint density at radius 3 is 2.89 bits per heavy atom. The summed E-state index contributed by atoms with van der Waals surface area (Å²) in [5.41, 5.74) is 1.66. The normalized spacial score (nSPS) is 16.2. The summed E-state index contributed by atoms with van der Waals surface area (Å²) in [7, 11) is 1.63. The third kappa shape index (κ3) is 3.95. The van der Waals surface area contributed by atoms with Crippen LogP contribution >= 0.6 is 0 Å². The molecule has 1 fully saturated rings. The summed E-state index contributed by atoms with van der Waals surface area (Å²) in [5, 5.41) is 7.04. The number of carbonyl (C=O) groups is 1. The van der Waals surface area contributed by atoms with Crippen LogP contribution in [0.1, 0.15) is 23.7 Å². The fourth-order valence-corrected chi connectivity index (χ4v) is 3.18. The zero-order valence-electron chi connectivity index (χ0n) is 15.5. The molecule has 144 valence electrons. The van der Waals surface area contributed by atoms with Crippen molar-refractivity contribution in [2.24, 2.45) is 0 Å². The number of benzene rings is 1. The van der Waals surface area contributed by atoms with Gasteiger partial charge in [-0.05, 0) is 36.2 Å². The SMILES string of the molecule is COc1ccc(CNC(=O)N2CCC(c3noc(-c4ccccn4)n3)C2)cc1. The lowest BCUT2D eigenvalue weighted by molar-refractivity contribution is 0.207. The molecule has 2 aromatic heterocycles. The molecule has 1 aromatic carbocycles. The molecule has 1 N–H and O–H groups in total. The molecule has 0 saturated carbocycles. The number of ether oxygens (including phenoxy) is 1. The molecular weight excluding hydrogens is 358 g/mol. The lowest BCUT2D eigenvalue weighted by atomic mass is 10.1. The average Bonchev–Trinajstić information content (AvgIpc) is 3.43. The first-order chi connectivity index (χ1) is 13.7. The van der Waals surface area contributed by atoms with Crippen molar-refractivity contribution in [1.29, 1.82) is 0 Å². The van der Waals surface area contributed by atoms with Crippen molar-refractivity contribution in [1.82, 2.24) is 25.3 Å². The van der Waals surface area contributed by atoms with Crippen LogP contribution in [0.3, 0.4) is 0 Å². The molecule has 0 bridgehead atoms. The second-order valence-electron chi connectivity index (χ2n) is 6.61. The van der Waals surface area contributed by atoms with Gasteiger partial charge in [-0.25, -0.2) is 4.79 Å². The molecule has 2 amide bonds. The number of likely N-dealkylation sites (tertiary alicyclic amines) is 1. The molecule has 0 radical (unpaired) electrons. The Hall–Kier alpha value is -3.42. The molecule has 1 atom stereocenters. The van der Waals surface area contributed by atoms with Crippen LogP contribution in [0.2, 0.25) is 0 Å². The number of pyridine rings is 1. The van der Waals surface area contributed by atoms with E-state index in [1.807, 2.05) is 42.5 Å². The number of hydrogen-bond donors (Lipinski definition) is 1. The molecule has 1 aliphatic heterocycles. The highest BCUT2D eigenvalue weighted by Gasteiger charge is 2.30. The Balaban J connectivity index is 1.32. The number of amides is 2. The highest BCUT2D eigenvalue weighted by atomic mass is 16.5. The maximum atomic E-state index is 12.5. The molecule has 1 aliphatic rings. The van der Waals surface area contributed by atoms with Crippen LogP contribution in [-0.4, -0.2) is 46.3 Å². The van der Waals surface area contributed by atoms with Crippen LogP contribution in [0.5, 0.6) is 5.75 Å². The summed E-state index contributed by atoms with van der Waals surface area (Å²) >= 11 is 0. The van der Waals surface area contributed by atoms with E-state index in [9.17, 15) is 4.79 Å². The van der Waals surface area contributed by atoms with Crippen molar-refractivity contribution in [3.05, 3.63) is 60.0 Å². The number of hydrogen-bond acceptors (Lipinski definition) is 6. The predicted molar refractivity (Wildman–Crippen MR) is 102 cm³/mol. The van der Waals surface area contributed by atoms with Gasteiger partial charge in [-0.15, -0.1) is 0 Å². The number of urea groups is 1. The highest BCUT2D eigenvalue weighted by Crippen LogP contribution is 2.26. The highest BCUT2D eigenvalue weighted by molar-refractivity contribution is 5.74. The molecule has 1 unspecified atom stereocenters. The van der Waals surface area contributed by atoms with E-state index in [1.54, 1.807) is 18.2 Å². The monoisotopic (exact) mass is 379 g/mol. The molecule has 3 aromatic rings. The summed E-state index contributed by atoms with van der Waals surface area (Å²) in [6.07, 6.45) is 2.49. The van der Waals surface area contributed by atoms with E-state index in [-0.39, 0.29) is 11.9 Å². The Morgan fingerprint density at radius 2 is 2.14 bits per heavy atom. The van der Waals surface area contributed by atoms with Crippen molar-refractivity contribution in [2.75, 3.05) is 20.2 Å². The Kier molecular flexibility index (Phi) is 5.18. The van der Waals surface area contributed by atoms with Gasteiger partial charge < -0.3 is 19.5 Å². The maximum Gasteiger partial charge on any atom is 0.317 e. The zero-order chi connectivity index (χ0) is 19.3. The van der Waals surface area contributed by atoms with Gasteiger partial charge in [-0.1, -0.05) is 23.4 Å². The second-order valence-corrected chi connectivity index (χ2v) is 6.61. The Labute approximate surface area is 162 Å². The number of carbonyl (C=O) groups excluding carboxylic acids is 1. The minimum atomic E-state index is -0.0910. The molecule has 4 rings (SSSR count). The van der Waals surface area contributed by atoms with E-state index >= 15 is 0 Å². The molecule has 8 nitrogen and oxygen atoms in total. The fourth-order valence-electron chi connectivity index (χ4n) is 3.18. The molecule has 8 heteroatoms. The molecule has 28 heavy (non-hydrogen) atoms. The van der Waals surface area contributed by atoms with Crippen LogP contribution in [-0.2, 0) is 6.54 Å². The van der Waals surface area contributed by atoms with Crippen molar-refractivity contribution in [3.8, 4) is 17.3 Å². The minimum absolute atomic E-state index is 0.0629. The lowest BCUT2D eigenvalue weighted by Gasteiger charge is -2.17. The number of methoxy groups -OCH3 is 1. The lowest BCUT2D eigenvalue weighted by Crippen LogP contribution is -2.38. The van der Waals surface area contributed by atoms with Crippen molar-refractivity contribution >= 4 is 6.03 Å². The second kappa shape index (κ2) is 8.08. The first-order valence-electron chi connectivity index (χ1n) is 9.13. The van der Waals surface area contributed by atoms with E-state index in [0.29, 0.717) is 37.0 Å². The Morgan fingerprint density at radius 1 is 1.29 bits per heavy atom. The van der Waals surface area contributed by atoms with Crippen molar-refractivity contribution in [2.45, 2.75) is 18.9 Å². The number of aromatic nitrogens is 3. The topological polar surface area (TPSA) is 93.4 Å². The number of nitrogens with zero attached hydrogens (tertiary/aromatic N) is 4. The smallest absolute Gasteiger partial charge is 0.317 e. The third-order valence-corrected chi connectivity index (χ3v) is 4.77. The van der Waals surface area contributed by atoms with E-state index < -0.39 is 0 Å². The summed E-state index contributed by atoms with van der Waals surface area (Å²) in [5.74, 6) is 1.87. The van der Waals surface area contributed by atoms with Crippen LogP contribution < -0.4 is 10.1 Å². The van der Waals surface area contributed by atoms with Gasteiger partial charge >= 0.3 is 6.03 Å². The number of nitrogens with one attached hydrogen (secondary N) is 1. The van der Waals surface area contributed by atoms with Gasteiger partial charge in [0.1, 0.15) is 11.4 Å². The average molecular weight is 379 g/mol. The zero-order valence-corrected chi connectivity index (χ0v) is 15.5. The van der Waals surface area contributed by atoms with E-state index in [4.69, 9.17) is 9.26 Å². The van der Waals surface area contributed by atoms with Crippen LogP contribution in [0.4, 0.5) is 4.79 Å². The first kappa shape index (κ1) is 18.0. The quantitative estimate of drug-likeness (QED) is 0.733. The van der Waals surface area contributed by atoms with Gasteiger partial charge in [-0.2, -0.15) is 4.98 Å². The third-order valence-electron chi connectivity index (χ3n) is 4.77. The van der Waals surface area contributed by atoms with Gasteiger partial charge in [0, 0.05) is 31.7 Å². The summed E-state index contributed by atoms with van der Waals surface area (Å²) in [6, 6.07) is 13.1. The number of rotatable bonds is 5. The fraction of sp³-hybridized carbons (Fsp3) is 0.300. The van der Waals surface area contributed by atoms with Gasteiger partial charge in [0.15, 0.2) is 5.82 Å². The van der Waals surface area contributed by atoms with Crippen LogP contribution in [0.15, 0.2) is 53.2 Å². The van der Waals surface area contributed by atoms with Crippen molar-refractivity contribution in [3.63, 3.8) is 0 Å². The molecule has 3 heterocycles. The maximum absolute atomic E-state index is 12.5. The molecule has 0 spiro atoms. The van der Waals surface area contributed by atoms with E-state index in [0.717, 1.165) is 17.7 Å². The summed E-state index contributed by atoms with van der Waals surface area (Å²) < 4.78 is 10.5. The van der Waals surface area contributed by atoms with Gasteiger partial charge in [-0.3, -0.25) is 4.98 Å². The summed E-state index contributed by atoms with van der Waals surface area (Å²) in [4.78, 5) is 22.9. The van der Waals surface area contributed by atoms with E-state index in [2.05, 4.69) is 20.4 Å². The molecular formula is C20H21N5O3. The molecule has 0 aliphatic carbocycles. The Bertz CT molecular complexity index is 927. The standard InChI is InChI=1S/C20H21N5O3/c1-27-16-7-5-14(6-8-16)12-22-20(26)25-11-9-15(13-25)18-23-19(28-24-18)17-4-2-3-10-21-17/h2-8,10,15H,9,11-13H2,1H3,(H,22,26). The van der Waals surface area contributed by atoms with Gasteiger partial charge in [0.25, 0.3) is 5.89 Å².